The lowest BCUT2D eigenvalue weighted by molar-refractivity contribution is -0.113. The van der Waals surface area contributed by atoms with Crippen LogP contribution in [0, 0.1) is 18.3 Å². The third kappa shape index (κ3) is 4.18. The molecule has 4 heterocycles. The first-order valence-corrected chi connectivity index (χ1v) is 10.8. The Balaban J connectivity index is 1.79. The van der Waals surface area contributed by atoms with Gasteiger partial charge >= 0.3 is 0 Å². The van der Waals surface area contributed by atoms with Gasteiger partial charge in [-0.15, -0.1) is 0 Å². The number of furan rings is 1. The summed E-state index contributed by atoms with van der Waals surface area (Å²) in [5.41, 5.74) is 2.29. The van der Waals surface area contributed by atoms with E-state index in [4.69, 9.17) is 9.40 Å². The van der Waals surface area contributed by atoms with E-state index in [-0.39, 0.29) is 28.5 Å². The normalized spacial score (nSPS) is 11.9. The van der Waals surface area contributed by atoms with Gasteiger partial charge in [0.15, 0.2) is 5.49 Å². The zero-order chi connectivity index (χ0) is 24.4. The minimum Gasteiger partial charge on any atom is -0.467 e. The number of amides is 1. The Labute approximate surface area is 199 Å². The first-order valence-electron chi connectivity index (χ1n) is 10.8. The van der Waals surface area contributed by atoms with Crippen molar-refractivity contribution in [1.29, 1.82) is 5.26 Å². The van der Waals surface area contributed by atoms with Crippen molar-refractivity contribution in [3.05, 3.63) is 117 Å². The topological polar surface area (TPSA) is 106 Å². The Morgan fingerprint density at radius 2 is 1.97 bits per heavy atom. The summed E-state index contributed by atoms with van der Waals surface area (Å²) in [6.45, 7) is 1.99. The number of fused-ring (bicyclic) bond motifs is 2. The minimum absolute atomic E-state index is 0.0806. The molecule has 0 radical (unpaired) electrons. The molecule has 170 valence electrons. The summed E-state index contributed by atoms with van der Waals surface area (Å²) >= 11 is 0. The Morgan fingerprint density at radius 3 is 2.71 bits per heavy atom. The summed E-state index contributed by atoms with van der Waals surface area (Å²) in [6, 6.07) is 20.0. The average Bonchev–Trinajstić information content (AvgIpc) is 3.39. The van der Waals surface area contributed by atoms with Crippen molar-refractivity contribution in [3.8, 4) is 6.07 Å². The lowest BCUT2D eigenvalue weighted by Crippen LogP contribution is -2.29. The number of rotatable bonds is 4. The van der Waals surface area contributed by atoms with E-state index in [0.717, 1.165) is 11.1 Å². The van der Waals surface area contributed by atoms with Gasteiger partial charge in [-0.2, -0.15) is 10.3 Å². The minimum atomic E-state index is -0.549. The molecule has 4 aromatic heterocycles. The van der Waals surface area contributed by atoms with Crippen LogP contribution in [0.1, 0.15) is 22.5 Å². The van der Waals surface area contributed by atoms with Crippen molar-refractivity contribution in [2.24, 2.45) is 4.99 Å². The smallest absolute Gasteiger partial charge is 0.271 e. The standard InChI is InChI=1S/C27H19N5O3/c1-18-7-5-13-31-24(18)30-26-22(27(31)34)15-20(16-28)25(32(26)17-21-10-6-14-35-21)29-23(33)12-11-19-8-3-2-4-9-19/h2-15H,17H2,1H3/b12-11+,29-25?. The molecule has 1 amide bonds. The first-order chi connectivity index (χ1) is 17.0. The number of hydrogen-bond donors (Lipinski definition) is 0. The quantitative estimate of drug-likeness (QED) is 0.300. The second-order valence-corrected chi connectivity index (χ2v) is 7.89. The number of benzene rings is 1. The molecule has 5 aromatic rings. The second-order valence-electron chi connectivity index (χ2n) is 7.89. The van der Waals surface area contributed by atoms with Crippen LogP contribution in [-0.2, 0) is 11.3 Å². The molecule has 0 fully saturated rings. The molecule has 0 saturated heterocycles. The van der Waals surface area contributed by atoms with Gasteiger partial charge in [0.1, 0.15) is 23.1 Å². The highest BCUT2D eigenvalue weighted by Crippen LogP contribution is 2.14. The first kappa shape index (κ1) is 21.8. The van der Waals surface area contributed by atoms with E-state index in [1.807, 2.05) is 43.3 Å². The highest BCUT2D eigenvalue weighted by atomic mass is 16.3. The van der Waals surface area contributed by atoms with Gasteiger partial charge in [-0.1, -0.05) is 36.4 Å². The molecule has 5 rings (SSSR count). The van der Waals surface area contributed by atoms with Gasteiger partial charge in [0.25, 0.3) is 11.5 Å². The molecule has 0 N–H and O–H groups in total. The van der Waals surface area contributed by atoms with Crippen LogP contribution in [0.4, 0.5) is 0 Å². The van der Waals surface area contributed by atoms with Gasteiger partial charge in [0, 0.05) is 12.3 Å². The fourth-order valence-corrected chi connectivity index (χ4v) is 3.87. The van der Waals surface area contributed by atoms with Gasteiger partial charge in [0.2, 0.25) is 0 Å². The molecular formula is C27H19N5O3. The van der Waals surface area contributed by atoms with Crippen molar-refractivity contribution in [2.75, 3.05) is 0 Å². The van der Waals surface area contributed by atoms with Crippen LogP contribution in [0.5, 0.6) is 0 Å². The Bertz CT molecular complexity index is 1770. The van der Waals surface area contributed by atoms with Crippen LogP contribution in [0.3, 0.4) is 0 Å². The van der Waals surface area contributed by atoms with Crippen LogP contribution >= 0.6 is 0 Å². The summed E-state index contributed by atoms with van der Waals surface area (Å²) in [5, 5.41) is 10.1. The highest BCUT2D eigenvalue weighted by molar-refractivity contribution is 5.92. The number of aromatic nitrogens is 3. The summed E-state index contributed by atoms with van der Waals surface area (Å²) < 4.78 is 8.53. The number of pyridine rings is 2. The van der Waals surface area contributed by atoms with Crippen molar-refractivity contribution >= 4 is 28.7 Å². The zero-order valence-electron chi connectivity index (χ0n) is 18.8. The number of carbonyl (C=O) groups is 1. The van der Waals surface area contributed by atoms with E-state index >= 15 is 0 Å². The molecule has 0 aliphatic rings. The third-order valence-corrected chi connectivity index (χ3v) is 5.55. The molecule has 0 unspecified atom stereocenters. The van der Waals surface area contributed by atoms with E-state index in [9.17, 15) is 14.9 Å². The van der Waals surface area contributed by atoms with E-state index in [1.54, 1.807) is 35.0 Å². The van der Waals surface area contributed by atoms with Crippen LogP contribution in [-0.4, -0.2) is 19.9 Å². The highest BCUT2D eigenvalue weighted by Gasteiger charge is 2.16. The molecule has 1 aromatic carbocycles. The van der Waals surface area contributed by atoms with Crippen molar-refractivity contribution in [1.82, 2.24) is 14.0 Å². The summed E-state index contributed by atoms with van der Waals surface area (Å²) in [5.74, 6) is 0.00786. The molecule has 0 saturated carbocycles. The van der Waals surface area contributed by atoms with Crippen LogP contribution in [0.25, 0.3) is 22.8 Å². The summed E-state index contributed by atoms with van der Waals surface area (Å²) in [6.07, 6.45) is 6.15. The number of aryl methyl sites for hydroxylation is 1. The maximum absolute atomic E-state index is 13.3. The molecule has 8 heteroatoms. The van der Waals surface area contributed by atoms with E-state index < -0.39 is 5.91 Å². The fourth-order valence-electron chi connectivity index (χ4n) is 3.87. The molecule has 0 aliphatic carbocycles. The van der Waals surface area contributed by atoms with Crippen molar-refractivity contribution < 1.29 is 9.21 Å². The molecule has 0 spiro atoms. The van der Waals surface area contributed by atoms with Gasteiger partial charge in [-0.25, -0.2) is 4.98 Å². The van der Waals surface area contributed by atoms with Crippen LogP contribution in [0.15, 0.2) is 93.4 Å². The zero-order valence-corrected chi connectivity index (χ0v) is 18.8. The SMILES string of the molecule is Cc1cccn2c(=O)c3cc(C#N)c(=NC(=O)/C=C/c4ccccc4)n(Cc4ccco4)c3nc12. The molecular weight excluding hydrogens is 442 g/mol. The molecule has 8 nitrogen and oxygen atoms in total. The largest absolute Gasteiger partial charge is 0.467 e. The van der Waals surface area contributed by atoms with Crippen LogP contribution < -0.4 is 11.0 Å². The second kappa shape index (κ2) is 9.08. The lowest BCUT2D eigenvalue weighted by atomic mass is 10.2. The van der Waals surface area contributed by atoms with Gasteiger partial charge in [-0.05, 0) is 48.4 Å². The third-order valence-electron chi connectivity index (χ3n) is 5.55. The number of hydrogen-bond acceptors (Lipinski definition) is 5. The predicted octanol–water partition coefficient (Wildman–Crippen LogP) is 3.61. The van der Waals surface area contributed by atoms with Gasteiger partial charge in [0.05, 0.1) is 23.8 Å². The summed E-state index contributed by atoms with van der Waals surface area (Å²) in [4.78, 5) is 35.1. The molecule has 0 atom stereocenters. The average molecular weight is 461 g/mol. The number of nitrogens with zero attached hydrogens (tertiary/aromatic N) is 5. The Hall–Kier alpha value is -5.03. The number of nitriles is 1. The van der Waals surface area contributed by atoms with E-state index in [2.05, 4.69) is 11.1 Å². The maximum atomic E-state index is 13.3. The Kier molecular flexibility index (Phi) is 5.65. The van der Waals surface area contributed by atoms with Gasteiger partial charge < -0.3 is 8.98 Å². The lowest BCUT2D eigenvalue weighted by Gasteiger charge is -2.13. The predicted molar refractivity (Wildman–Crippen MR) is 130 cm³/mol. The monoisotopic (exact) mass is 461 g/mol. The Morgan fingerprint density at radius 1 is 1.14 bits per heavy atom. The van der Waals surface area contributed by atoms with Crippen molar-refractivity contribution in [3.63, 3.8) is 0 Å². The van der Waals surface area contributed by atoms with Crippen LogP contribution in [0.2, 0.25) is 0 Å². The molecule has 0 aliphatic heterocycles. The van der Waals surface area contributed by atoms with Gasteiger partial charge in [-0.3, -0.25) is 14.0 Å². The van der Waals surface area contributed by atoms with E-state index in [0.29, 0.717) is 17.1 Å². The summed E-state index contributed by atoms with van der Waals surface area (Å²) in [7, 11) is 0. The number of carbonyl (C=O) groups excluding carboxylic acids is 1. The van der Waals surface area contributed by atoms with Crippen molar-refractivity contribution in [2.45, 2.75) is 13.5 Å². The molecule has 0 bridgehead atoms. The maximum Gasteiger partial charge on any atom is 0.271 e. The van der Waals surface area contributed by atoms with E-state index in [1.165, 1.54) is 22.8 Å². The fraction of sp³-hybridized carbons (Fsp3) is 0.0741. The molecule has 35 heavy (non-hydrogen) atoms.